The van der Waals surface area contributed by atoms with Crippen molar-refractivity contribution in [2.24, 2.45) is 10.4 Å². The molecule has 0 amide bonds. The minimum absolute atomic E-state index is 0. The third kappa shape index (κ3) is 8.43. The van der Waals surface area contributed by atoms with Crippen LogP contribution in [-0.2, 0) is 4.74 Å². The Labute approximate surface area is 189 Å². The number of halogens is 2. The summed E-state index contributed by atoms with van der Waals surface area (Å²) in [6.45, 7) is 7.68. The molecule has 1 aliphatic rings. The Morgan fingerprint density at radius 1 is 1.33 bits per heavy atom. The summed E-state index contributed by atoms with van der Waals surface area (Å²) in [4.78, 5) is 5.69. The number of hydrogen-bond acceptors (Lipinski definition) is 4. The van der Waals surface area contributed by atoms with E-state index in [4.69, 9.17) is 21.3 Å². The zero-order valence-electron chi connectivity index (χ0n) is 16.3. The Hall–Kier alpha value is -0.0900. The molecule has 1 aromatic heterocycles. The molecule has 0 radical (unpaired) electrons. The van der Waals surface area contributed by atoms with Crippen LogP contribution >= 0.6 is 46.9 Å². The van der Waals surface area contributed by atoms with E-state index < -0.39 is 6.10 Å². The van der Waals surface area contributed by atoms with Gasteiger partial charge in [0.2, 0.25) is 0 Å². The summed E-state index contributed by atoms with van der Waals surface area (Å²) in [5.41, 5.74) is 0.261. The molecule has 156 valence electrons. The first-order valence-electron chi connectivity index (χ1n) is 9.62. The van der Waals surface area contributed by atoms with Gasteiger partial charge in [0.15, 0.2) is 5.96 Å². The van der Waals surface area contributed by atoms with Crippen LogP contribution in [0, 0.1) is 5.41 Å². The maximum absolute atomic E-state index is 10.3. The summed E-state index contributed by atoms with van der Waals surface area (Å²) < 4.78 is 6.27. The van der Waals surface area contributed by atoms with Gasteiger partial charge in [0.05, 0.1) is 4.34 Å². The Bertz CT molecular complexity index is 565. The SMILES string of the molecule is CCNC(=NCC1(CCOCC)CCCC1)NCC(O)c1ccc(Cl)s1.I. The Morgan fingerprint density at radius 2 is 2.07 bits per heavy atom. The van der Waals surface area contributed by atoms with Crippen molar-refractivity contribution in [1.82, 2.24) is 10.6 Å². The lowest BCUT2D eigenvalue weighted by Crippen LogP contribution is -2.40. The van der Waals surface area contributed by atoms with Crippen molar-refractivity contribution in [2.45, 2.75) is 52.1 Å². The second-order valence-corrected chi connectivity index (χ2v) is 8.63. The normalized spacial score (nSPS) is 17.4. The van der Waals surface area contributed by atoms with Crippen LogP contribution in [0.2, 0.25) is 4.34 Å². The van der Waals surface area contributed by atoms with E-state index in [1.54, 1.807) is 0 Å². The molecule has 27 heavy (non-hydrogen) atoms. The predicted octanol–water partition coefficient (Wildman–Crippen LogP) is 4.60. The highest BCUT2D eigenvalue weighted by Crippen LogP contribution is 2.41. The zero-order chi connectivity index (χ0) is 18.8. The number of thiophene rings is 1. The van der Waals surface area contributed by atoms with Crippen LogP contribution in [0.5, 0.6) is 0 Å². The molecule has 3 N–H and O–H groups in total. The molecule has 1 fully saturated rings. The molecular formula is C19H33ClIN3O2S. The van der Waals surface area contributed by atoms with E-state index in [0.717, 1.165) is 43.6 Å². The molecule has 2 rings (SSSR count). The number of guanidine groups is 1. The Morgan fingerprint density at radius 3 is 2.67 bits per heavy atom. The van der Waals surface area contributed by atoms with Crippen LogP contribution in [0.4, 0.5) is 0 Å². The summed E-state index contributed by atoms with van der Waals surface area (Å²) >= 11 is 7.35. The molecule has 0 aliphatic heterocycles. The minimum atomic E-state index is -0.588. The highest BCUT2D eigenvalue weighted by Gasteiger charge is 2.33. The van der Waals surface area contributed by atoms with E-state index in [-0.39, 0.29) is 29.4 Å². The highest BCUT2D eigenvalue weighted by atomic mass is 127. The first-order chi connectivity index (χ1) is 12.6. The first-order valence-corrected chi connectivity index (χ1v) is 10.8. The zero-order valence-corrected chi connectivity index (χ0v) is 20.2. The number of rotatable bonds is 10. The fourth-order valence-corrected chi connectivity index (χ4v) is 4.48. The summed E-state index contributed by atoms with van der Waals surface area (Å²) in [6, 6.07) is 3.68. The lowest BCUT2D eigenvalue weighted by Gasteiger charge is -2.27. The molecule has 1 aromatic rings. The first kappa shape index (κ1) is 24.9. The van der Waals surface area contributed by atoms with Crippen LogP contribution < -0.4 is 10.6 Å². The molecule has 0 saturated heterocycles. The van der Waals surface area contributed by atoms with Gasteiger partial charge in [-0.25, -0.2) is 0 Å². The summed E-state index contributed by atoms with van der Waals surface area (Å²) in [5.74, 6) is 0.761. The second kappa shape index (κ2) is 13.2. The molecule has 1 heterocycles. The van der Waals surface area contributed by atoms with Crippen LogP contribution in [0.3, 0.4) is 0 Å². The predicted molar refractivity (Wildman–Crippen MR) is 126 cm³/mol. The third-order valence-electron chi connectivity index (χ3n) is 4.95. The molecular weight excluding hydrogens is 497 g/mol. The van der Waals surface area contributed by atoms with Crippen molar-refractivity contribution < 1.29 is 9.84 Å². The molecule has 1 atom stereocenters. The monoisotopic (exact) mass is 529 g/mol. The van der Waals surface area contributed by atoms with Gasteiger partial charge in [0, 0.05) is 37.7 Å². The summed E-state index contributed by atoms with van der Waals surface area (Å²) in [5, 5.41) is 16.8. The number of nitrogens with one attached hydrogen (secondary N) is 2. The molecule has 0 bridgehead atoms. The molecule has 1 unspecified atom stereocenters. The fourth-order valence-electron chi connectivity index (χ4n) is 3.44. The number of hydrogen-bond donors (Lipinski definition) is 3. The largest absolute Gasteiger partial charge is 0.386 e. The quantitative estimate of drug-likeness (QED) is 0.179. The third-order valence-corrected chi connectivity index (χ3v) is 6.28. The van der Waals surface area contributed by atoms with Gasteiger partial charge in [-0.2, -0.15) is 0 Å². The standard InChI is InChI=1S/C19H32ClN3O2S.HI/c1-3-21-18(22-13-15(24)16-7-8-17(20)26-16)23-14-19(9-5-6-10-19)11-12-25-4-2;/h7-8,15,24H,3-6,9-14H2,1-2H3,(H2,21,22,23);1H. The Balaban J connectivity index is 0.00000364. The molecule has 0 spiro atoms. The lowest BCUT2D eigenvalue weighted by molar-refractivity contribution is 0.107. The van der Waals surface area contributed by atoms with Crippen LogP contribution in [-0.4, -0.2) is 43.9 Å². The van der Waals surface area contributed by atoms with Gasteiger partial charge >= 0.3 is 0 Å². The van der Waals surface area contributed by atoms with Crippen molar-refractivity contribution >= 4 is 52.9 Å². The van der Waals surface area contributed by atoms with E-state index in [2.05, 4.69) is 10.6 Å². The average Bonchev–Trinajstić information content (AvgIpc) is 3.27. The molecule has 8 heteroatoms. The maximum atomic E-state index is 10.3. The summed E-state index contributed by atoms with van der Waals surface area (Å²) in [6.07, 6.45) is 5.49. The highest BCUT2D eigenvalue weighted by molar-refractivity contribution is 14.0. The minimum Gasteiger partial charge on any atom is -0.386 e. The maximum Gasteiger partial charge on any atom is 0.191 e. The topological polar surface area (TPSA) is 65.9 Å². The van der Waals surface area contributed by atoms with Crippen molar-refractivity contribution in [3.63, 3.8) is 0 Å². The van der Waals surface area contributed by atoms with Gasteiger partial charge in [-0.1, -0.05) is 24.4 Å². The number of nitrogens with zero attached hydrogens (tertiary/aromatic N) is 1. The van der Waals surface area contributed by atoms with Gasteiger partial charge in [0.1, 0.15) is 6.10 Å². The van der Waals surface area contributed by atoms with Gasteiger partial charge in [-0.15, -0.1) is 35.3 Å². The summed E-state index contributed by atoms with van der Waals surface area (Å²) in [7, 11) is 0. The van der Waals surface area contributed by atoms with Gasteiger partial charge in [0.25, 0.3) is 0 Å². The van der Waals surface area contributed by atoms with Crippen molar-refractivity contribution in [3.05, 3.63) is 21.3 Å². The molecule has 5 nitrogen and oxygen atoms in total. The van der Waals surface area contributed by atoms with Gasteiger partial charge < -0.3 is 20.5 Å². The molecule has 1 saturated carbocycles. The smallest absolute Gasteiger partial charge is 0.191 e. The molecule has 1 aliphatic carbocycles. The average molecular weight is 530 g/mol. The van der Waals surface area contributed by atoms with Gasteiger partial charge in [-0.05, 0) is 50.7 Å². The number of aliphatic hydroxyl groups excluding tert-OH is 1. The number of ether oxygens (including phenoxy) is 1. The number of aliphatic hydroxyl groups is 1. The fraction of sp³-hybridized carbons (Fsp3) is 0.737. The second-order valence-electron chi connectivity index (χ2n) is 6.89. The number of aliphatic imine (C=N–C) groups is 1. The van der Waals surface area contributed by atoms with Crippen LogP contribution in [0.1, 0.15) is 56.9 Å². The van der Waals surface area contributed by atoms with E-state index in [9.17, 15) is 5.11 Å². The van der Waals surface area contributed by atoms with E-state index >= 15 is 0 Å². The van der Waals surface area contributed by atoms with Gasteiger partial charge in [-0.3, -0.25) is 4.99 Å². The Kier molecular flexibility index (Phi) is 12.2. The van der Waals surface area contributed by atoms with E-state index in [1.165, 1.54) is 37.0 Å². The lowest BCUT2D eigenvalue weighted by atomic mass is 9.83. The van der Waals surface area contributed by atoms with Crippen molar-refractivity contribution in [2.75, 3.05) is 32.8 Å². The van der Waals surface area contributed by atoms with E-state index in [1.807, 2.05) is 26.0 Å². The van der Waals surface area contributed by atoms with Crippen LogP contribution in [0.25, 0.3) is 0 Å². The van der Waals surface area contributed by atoms with Crippen molar-refractivity contribution in [3.8, 4) is 0 Å². The van der Waals surface area contributed by atoms with E-state index in [0.29, 0.717) is 10.9 Å². The molecule has 0 aromatic carbocycles. The van der Waals surface area contributed by atoms with Crippen molar-refractivity contribution in [1.29, 1.82) is 0 Å². The van der Waals surface area contributed by atoms with Crippen LogP contribution in [0.15, 0.2) is 17.1 Å².